The van der Waals surface area contributed by atoms with Crippen LogP contribution in [0.2, 0.25) is 0 Å². The Bertz CT molecular complexity index is 4240. The van der Waals surface area contributed by atoms with Crippen molar-refractivity contribution in [3.8, 4) is 43.4 Å². The number of aliphatic hydroxyl groups is 1. The third-order valence-electron chi connectivity index (χ3n) is 15.0. The zero-order chi connectivity index (χ0) is 67.8. The van der Waals surface area contributed by atoms with Gasteiger partial charge in [-0.05, 0) is 56.2 Å². The second-order valence-corrected chi connectivity index (χ2v) is 27.7. The number of hydrogen-bond donors (Lipinski definition) is 9. The third-order valence-corrected chi connectivity index (χ3v) is 20.7. The van der Waals surface area contributed by atoms with E-state index >= 15 is 0 Å². The molecule has 1 saturated carbocycles. The number of nitrogens with one attached hydrogen (secondary N) is 5. The molecule has 1 unspecified atom stereocenters. The predicted octanol–water partition coefficient (Wildman–Crippen LogP) is 8.31. The number of rotatable bonds is 16. The number of carboxylic acid groups (broad SMARTS) is 2. The van der Waals surface area contributed by atoms with E-state index in [0.29, 0.717) is 47.3 Å². The minimum Gasteiger partial charge on any atom is -0.481 e. The van der Waals surface area contributed by atoms with Gasteiger partial charge < -0.3 is 61.8 Å². The number of thiazole rings is 6. The first-order chi connectivity index (χ1) is 45.6. The number of anilines is 1. The Morgan fingerprint density at radius 3 is 2.15 bits per heavy atom. The summed E-state index contributed by atoms with van der Waals surface area (Å²) in [6, 6.07) is 9.06. The number of amides is 6. The van der Waals surface area contributed by atoms with E-state index in [1.807, 2.05) is 13.8 Å². The molecule has 0 spiro atoms. The molecule has 10 rings (SSSR count). The highest BCUT2D eigenvalue weighted by Crippen LogP contribution is 2.41. The first kappa shape index (κ1) is 68.6. The average molecular weight is 1410 g/mol. The van der Waals surface area contributed by atoms with Crippen LogP contribution in [0.25, 0.3) is 43.4 Å². The highest BCUT2D eigenvalue weighted by Gasteiger charge is 2.35. The Balaban J connectivity index is 1.05. The first-order valence-corrected chi connectivity index (χ1v) is 34.4. The molecule has 1 fully saturated rings. The number of aryl methyl sites for hydroxylation is 1. The number of pyridine rings is 1. The Hall–Kier alpha value is -9.29. The van der Waals surface area contributed by atoms with E-state index < -0.39 is 103 Å². The van der Waals surface area contributed by atoms with Crippen molar-refractivity contribution in [2.24, 2.45) is 17.6 Å². The molecule has 10 N–H and O–H groups in total. The Kier molecular flexibility index (Phi) is 21.9. The molecule has 0 saturated heterocycles. The number of aliphatic carboxylic acids is 2. The van der Waals surface area contributed by atoms with Crippen LogP contribution in [-0.2, 0) is 40.0 Å². The molecule has 8 heterocycles. The fourth-order valence-corrected chi connectivity index (χ4v) is 15.6. The summed E-state index contributed by atoms with van der Waals surface area (Å²) in [6.45, 7) is 8.20. The molecule has 496 valence electrons. The minimum atomic E-state index is -1.49. The summed E-state index contributed by atoms with van der Waals surface area (Å²) in [4.78, 5) is 144. The number of benzene rings is 1. The van der Waals surface area contributed by atoms with Crippen LogP contribution in [0.4, 0.5) is 10.6 Å². The molecule has 7 aromatic heterocycles. The van der Waals surface area contributed by atoms with Crippen molar-refractivity contribution < 1.29 is 67.9 Å². The molecule has 1 aliphatic heterocycles. The number of ether oxygens (including phenoxy) is 3. The molecule has 10 bridgehead atoms. The van der Waals surface area contributed by atoms with Crippen molar-refractivity contribution >= 4 is 121 Å². The van der Waals surface area contributed by atoms with Crippen molar-refractivity contribution in [2.75, 3.05) is 32.1 Å². The van der Waals surface area contributed by atoms with Crippen LogP contribution in [0.3, 0.4) is 0 Å². The number of carbonyl (C=O) groups is 8. The quantitative estimate of drug-likeness (QED) is 0.0324. The number of nitrogens with two attached hydrogens (primary N) is 1. The van der Waals surface area contributed by atoms with E-state index in [-0.39, 0.29) is 99.7 Å². The Morgan fingerprint density at radius 2 is 1.44 bits per heavy atom. The summed E-state index contributed by atoms with van der Waals surface area (Å²) in [6.07, 6.45) is -1.30. The van der Waals surface area contributed by atoms with Crippen molar-refractivity contribution in [3.05, 3.63) is 136 Å². The summed E-state index contributed by atoms with van der Waals surface area (Å²) in [5.41, 5.74) is 7.54. The normalized spacial score (nSPS) is 18.3. The molecule has 34 heteroatoms. The molecule has 6 amide bonds. The molecule has 8 aromatic rings. The van der Waals surface area contributed by atoms with Crippen LogP contribution in [0.1, 0.15) is 132 Å². The maximum atomic E-state index is 14.5. The van der Waals surface area contributed by atoms with Gasteiger partial charge in [-0.2, -0.15) is 0 Å². The number of nitrogens with zero attached hydrogens (tertiary/aromatic N) is 8. The van der Waals surface area contributed by atoms with Crippen molar-refractivity contribution in [2.45, 2.75) is 89.8 Å². The van der Waals surface area contributed by atoms with Crippen LogP contribution in [0.5, 0.6) is 0 Å². The van der Waals surface area contributed by atoms with Crippen molar-refractivity contribution in [1.82, 2.24) is 61.5 Å². The van der Waals surface area contributed by atoms with E-state index in [1.165, 1.54) is 30.9 Å². The molecule has 28 nitrogen and oxygen atoms in total. The summed E-state index contributed by atoms with van der Waals surface area (Å²) >= 11 is 6.81. The molecule has 1 aromatic carbocycles. The molecule has 1 aliphatic carbocycles. The van der Waals surface area contributed by atoms with Crippen LogP contribution < -0.4 is 37.2 Å². The molecule has 2 aliphatic rings. The standard InChI is InChI=1S/C61H62N14O14S6/c1-27(2)44-58-74-47(40(95-58)22-87-6)51(80)64-20-43(77)71-48(49(78)30-10-8-7-9-11-30)57-69-38(25-92-57)55-67-36(23-91-55)46-33(53-68-37(24-90-53)50(79)66-35(18-42(76)63-5)56-73-45(29(4)94-56)52(81)72-44)16-17-34(65-46)54-70-41(26-93-54)75(21-28(3)88-39(19-62)60(84)85)61(86)89-32-14-12-31(13-15-32)59(82)83/h7-11,16-17,19,23-27,31-32,35,44,48-49,78H,3,12-15,18,20-22,62H2,1-2,4-6H3,(H,63,76)(H,64,80)(H,66,79)(H,71,77)(H,72,81)(H,82,83)(H,84,85)/b39-19-/t31-,32-,35-,44?,48-,49-/m0/s1. The van der Waals surface area contributed by atoms with E-state index in [9.17, 15) is 53.7 Å². The molecular formula is C61H62N14O14S6. The third kappa shape index (κ3) is 16.1. The maximum absolute atomic E-state index is 14.5. The van der Waals surface area contributed by atoms with Crippen molar-refractivity contribution in [1.29, 1.82) is 0 Å². The lowest BCUT2D eigenvalue weighted by atomic mass is 9.87. The molecular weight excluding hydrogens is 1350 g/mol. The van der Waals surface area contributed by atoms with Gasteiger partial charge in [-0.3, -0.25) is 33.7 Å². The van der Waals surface area contributed by atoms with Gasteiger partial charge in [-0.15, -0.1) is 68.0 Å². The van der Waals surface area contributed by atoms with Crippen LogP contribution >= 0.6 is 68.0 Å². The zero-order valence-electron chi connectivity index (χ0n) is 51.3. The lowest BCUT2D eigenvalue weighted by Gasteiger charge is -2.28. The number of hydrogen-bond acceptors (Lipinski definition) is 26. The number of fused-ring (bicyclic) bond motifs is 14. The van der Waals surface area contributed by atoms with Gasteiger partial charge in [-0.1, -0.05) is 50.8 Å². The summed E-state index contributed by atoms with van der Waals surface area (Å²) in [5.74, 6) is -7.22. The van der Waals surface area contributed by atoms with E-state index in [4.69, 9.17) is 49.8 Å². The van der Waals surface area contributed by atoms with Crippen molar-refractivity contribution in [3.63, 3.8) is 0 Å². The smallest absolute Gasteiger partial charge is 0.416 e. The SMILES string of the molecule is C=C(CN(C(=O)O[C@H]1CC[C@H](C(=O)O)CC1)c1csc(-c2ccc3c(n2)-c2csc(n2)-c2csc(n2)[C@H]([C@@H](O)c2ccccc2)NC(=O)CNC(=O)c2nc(sc2COC)C(C(C)C)NC(=O)c2nc(sc2C)[C@H](CC(=O)NC)NC(=O)c2csc-3n2)n1)O/C(=C\N)C(=O)O. The number of carbonyl (C=O) groups excluding carboxylic acids is 6. The largest absolute Gasteiger partial charge is 0.481 e. The van der Waals surface area contributed by atoms with Crippen LogP contribution in [-0.4, -0.2) is 131 Å². The van der Waals surface area contributed by atoms with Gasteiger partial charge in [0.25, 0.3) is 17.7 Å². The molecule has 4 atom stereocenters. The van der Waals surface area contributed by atoms with E-state index in [0.717, 1.165) is 67.8 Å². The predicted molar refractivity (Wildman–Crippen MR) is 354 cm³/mol. The number of carboxylic acids is 2. The Labute approximate surface area is 565 Å². The second kappa shape index (κ2) is 30.4. The lowest BCUT2D eigenvalue weighted by molar-refractivity contribution is -0.143. The number of aromatic nitrogens is 7. The van der Waals surface area contributed by atoms with Gasteiger partial charge in [0, 0.05) is 52.3 Å². The Morgan fingerprint density at radius 1 is 0.747 bits per heavy atom. The zero-order valence-corrected chi connectivity index (χ0v) is 56.2. The van der Waals surface area contributed by atoms with Crippen LogP contribution in [0, 0.1) is 18.8 Å². The first-order valence-electron chi connectivity index (χ1n) is 29.2. The van der Waals surface area contributed by atoms with Gasteiger partial charge in [0.15, 0.2) is 0 Å². The summed E-state index contributed by atoms with van der Waals surface area (Å²) in [5, 5.41) is 53.6. The van der Waals surface area contributed by atoms with Gasteiger partial charge >= 0.3 is 18.0 Å². The number of methoxy groups -OCH3 is 1. The lowest BCUT2D eigenvalue weighted by Crippen LogP contribution is -2.40. The molecule has 95 heavy (non-hydrogen) atoms. The fraction of sp³-hybridized carbons (Fsp3) is 0.328. The van der Waals surface area contributed by atoms with Gasteiger partial charge in [-0.25, -0.2) is 44.5 Å². The summed E-state index contributed by atoms with van der Waals surface area (Å²) in [7, 11) is 2.90. The number of aliphatic hydroxyl groups excluding tert-OH is 1. The van der Waals surface area contributed by atoms with Gasteiger partial charge in [0.1, 0.15) is 94.0 Å². The highest BCUT2D eigenvalue weighted by atomic mass is 32.1. The minimum absolute atomic E-state index is 0.0240. The van der Waals surface area contributed by atoms with Gasteiger partial charge in [0.05, 0.1) is 54.7 Å². The van der Waals surface area contributed by atoms with E-state index in [1.54, 1.807) is 65.5 Å². The monoisotopic (exact) mass is 1410 g/mol. The average Bonchev–Trinajstić information content (AvgIpc) is 1.68. The molecule has 0 radical (unpaired) electrons. The fourth-order valence-electron chi connectivity index (χ4n) is 10.1. The van der Waals surface area contributed by atoms with E-state index in [2.05, 4.69) is 38.1 Å². The summed E-state index contributed by atoms with van der Waals surface area (Å²) < 4.78 is 16.8. The topological polar surface area (TPSA) is 405 Å². The second-order valence-electron chi connectivity index (χ2n) is 21.9. The highest BCUT2D eigenvalue weighted by molar-refractivity contribution is 7.15. The maximum Gasteiger partial charge on any atom is 0.416 e. The van der Waals surface area contributed by atoms with Crippen LogP contribution in [0.15, 0.2) is 88.3 Å². The van der Waals surface area contributed by atoms with Gasteiger partial charge in [0.2, 0.25) is 17.6 Å².